The van der Waals surface area contributed by atoms with Crippen LogP contribution in [0.5, 0.6) is 0 Å². The van der Waals surface area contributed by atoms with Crippen LogP contribution in [-0.2, 0) is 9.59 Å². The van der Waals surface area contributed by atoms with E-state index in [0.29, 0.717) is 16.1 Å². The number of hydrogen-bond acceptors (Lipinski definition) is 6. The van der Waals surface area contributed by atoms with Crippen molar-refractivity contribution in [3.63, 3.8) is 0 Å². The highest BCUT2D eigenvalue weighted by Gasteiger charge is 2.48. The normalized spacial score (nSPS) is 18.4. The van der Waals surface area contributed by atoms with Crippen LogP contribution in [0.15, 0.2) is 53.5 Å². The van der Waals surface area contributed by atoms with Gasteiger partial charge < -0.3 is 5.11 Å². The number of aryl methyl sites for hydroxylation is 1. The largest absolute Gasteiger partial charge is 0.507 e. The number of carbonyl (C=O) groups excluding carboxylic acids is 2. The number of rotatable bonds is 3. The van der Waals surface area contributed by atoms with E-state index >= 15 is 0 Å². The number of anilines is 1. The van der Waals surface area contributed by atoms with E-state index < -0.39 is 17.7 Å². The Balaban J connectivity index is 1.97. The minimum Gasteiger partial charge on any atom is -0.507 e. The molecule has 1 N–H and O–H groups in total. The van der Waals surface area contributed by atoms with Gasteiger partial charge in [0.1, 0.15) is 11.3 Å². The van der Waals surface area contributed by atoms with E-state index in [4.69, 9.17) is 23.2 Å². The number of carbonyl (C=O) groups is 2. The first kappa shape index (κ1) is 19.6. The summed E-state index contributed by atoms with van der Waals surface area (Å²) in [5, 5.41) is 19.6. The summed E-state index contributed by atoms with van der Waals surface area (Å²) >= 11 is 13.5. The summed E-state index contributed by atoms with van der Waals surface area (Å²) in [6.45, 7) is 1.91. The van der Waals surface area contributed by atoms with Crippen LogP contribution in [0.1, 0.15) is 22.7 Å². The number of ketones is 1. The van der Waals surface area contributed by atoms with Crippen molar-refractivity contribution < 1.29 is 14.7 Å². The van der Waals surface area contributed by atoms with Crippen LogP contribution in [0.25, 0.3) is 5.76 Å². The average molecular weight is 446 g/mol. The molecule has 3 aromatic rings. The van der Waals surface area contributed by atoms with Crippen LogP contribution < -0.4 is 4.90 Å². The number of aromatic nitrogens is 2. The quantitative estimate of drug-likeness (QED) is 0.356. The summed E-state index contributed by atoms with van der Waals surface area (Å²) in [4.78, 5) is 27.0. The van der Waals surface area contributed by atoms with Gasteiger partial charge in [-0.05, 0) is 24.6 Å². The van der Waals surface area contributed by atoms with E-state index in [-0.39, 0.29) is 21.5 Å². The van der Waals surface area contributed by atoms with E-state index in [1.807, 2.05) is 6.92 Å². The number of benzene rings is 2. The van der Waals surface area contributed by atoms with Crippen LogP contribution in [0, 0.1) is 6.92 Å². The first-order valence-corrected chi connectivity index (χ1v) is 10.1. The molecule has 0 spiro atoms. The lowest BCUT2D eigenvalue weighted by Gasteiger charge is -2.23. The van der Waals surface area contributed by atoms with E-state index in [0.717, 1.165) is 16.9 Å². The van der Waals surface area contributed by atoms with E-state index in [2.05, 4.69) is 10.2 Å². The number of Topliss-reactive ketones (excluding diaryl/α,β-unsaturated/α-hetero) is 1. The van der Waals surface area contributed by atoms with Crippen LogP contribution in [0.4, 0.5) is 5.13 Å². The minimum absolute atomic E-state index is 0.0710. The summed E-state index contributed by atoms with van der Waals surface area (Å²) in [5.41, 5.74) is 3.24. The van der Waals surface area contributed by atoms with Crippen LogP contribution in [0.3, 0.4) is 0 Å². The Morgan fingerprint density at radius 1 is 1.14 bits per heavy atom. The topological polar surface area (TPSA) is 83.4 Å². The first-order chi connectivity index (χ1) is 13.9. The van der Waals surface area contributed by atoms with Crippen LogP contribution >= 0.6 is 34.5 Å². The molecular weight excluding hydrogens is 433 g/mol. The van der Waals surface area contributed by atoms with Crippen molar-refractivity contribution in [2.24, 2.45) is 0 Å². The molecule has 0 radical (unpaired) electrons. The standard InChI is InChI=1S/C20H13Cl2N3O3S/c1-10-2-4-11(5-3-10)17(26)15-16(13-7-6-12(21)8-14(13)22)25(19(28)18(15)27)20-24-23-9-29-20/h2-9,16,26H,1H3/t16-/m1/s1. The maximum absolute atomic E-state index is 12.9. The van der Waals surface area contributed by atoms with Crippen molar-refractivity contribution in [3.8, 4) is 0 Å². The molecule has 2 heterocycles. The molecule has 1 aromatic heterocycles. The molecule has 0 aliphatic carbocycles. The zero-order valence-corrected chi connectivity index (χ0v) is 17.3. The lowest BCUT2D eigenvalue weighted by atomic mass is 9.95. The SMILES string of the molecule is Cc1ccc(C(O)=C2C(=O)C(=O)N(c3nncs3)[C@@H]2c2ccc(Cl)cc2Cl)cc1. The third kappa shape index (κ3) is 3.42. The van der Waals surface area contributed by atoms with Gasteiger partial charge in [-0.3, -0.25) is 14.5 Å². The second kappa shape index (κ2) is 7.59. The third-order valence-electron chi connectivity index (χ3n) is 4.58. The highest BCUT2D eigenvalue weighted by atomic mass is 35.5. The summed E-state index contributed by atoms with van der Waals surface area (Å²) in [5.74, 6) is -1.92. The lowest BCUT2D eigenvalue weighted by Crippen LogP contribution is -2.29. The molecule has 4 rings (SSSR count). The summed E-state index contributed by atoms with van der Waals surface area (Å²) in [6, 6.07) is 10.8. The molecule has 146 valence electrons. The number of halogens is 2. The molecular formula is C20H13Cl2N3O3S. The molecule has 0 unspecified atom stereocenters. The van der Waals surface area contributed by atoms with Gasteiger partial charge in [-0.25, -0.2) is 0 Å². The van der Waals surface area contributed by atoms with Gasteiger partial charge in [-0.2, -0.15) is 0 Å². The summed E-state index contributed by atoms with van der Waals surface area (Å²) in [7, 11) is 0. The number of amides is 1. The van der Waals surface area contributed by atoms with Gasteiger partial charge in [-0.1, -0.05) is 70.4 Å². The van der Waals surface area contributed by atoms with Gasteiger partial charge in [0, 0.05) is 15.6 Å². The van der Waals surface area contributed by atoms with Gasteiger partial charge in [0.15, 0.2) is 0 Å². The van der Waals surface area contributed by atoms with Gasteiger partial charge in [0.05, 0.1) is 11.6 Å². The van der Waals surface area contributed by atoms with Crippen LogP contribution in [-0.4, -0.2) is 27.0 Å². The van der Waals surface area contributed by atoms with Gasteiger partial charge >= 0.3 is 5.91 Å². The predicted molar refractivity (Wildman–Crippen MR) is 112 cm³/mol. The Morgan fingerprint density at radius 2 is 1.86 bits per heavy atom. The number of hydrogen-bond donors (Lipinski definition) is 1. The summed E-state index contributed by atoms with van der Waals surface area (Å²) < 4.78 is 0. The zero-order valence-electron chi connectivity index (χ0n) is 15.0. The maximum Gasteiger partial charge on any atom is 0.301 e. The fourth-order valence-electron chi connectivity index (χ4n) is 3.19. The van der Waals surface area contributed by atoms with Crippen LogP contribution in [0.2, 0.25) is 10.0 Å². The molecule has 0 bridgehead atoms. The average Bonchev–Trinajstić information content (AvgIpc) is 3.29. The van der Waals surface area contributed by atoms with Crippen molar-refractivity contribution in [3.05, 3.63) is 80.3 Å². The van der Waals surface area contributed by atoms with E-state index in [1.54, 1.807) is 36.4 Å². The molecule has 1 amide bonds. The van der Waals surface area contributed by atoms with Gasteiger partial charge in [0.2, 0.25) is 5.13 Å². The molecule has 1 atom stereocenters. The Hall–Kier alpha value is -2.74. The Bertz CT molecular complexity index is 1140. The van der Waals surface area contributed by atoms with Gasteiger partial charge in [0.25, 0.3) is 5.78 Å². The Labute approximate surface area is 180 Å². The monoisotopic (exact) mass is 445 g/mol. The minimum atomic E-state index is -0.964. The summed E-state index contributed by atoms with van der Waals surface area (Å²) in [6.07, 6.45) is 0. The highest BCUT2D eigenvalue weighted by Crippen LogP contribution is 2.44. The zero-order chi connectivity index (χ0) is 20.7. The second-order valence-electron chi connectivity index (χ2n) is 6.42. The van der Waals surface area contributed by atoms with Crippen molar-refractivity contribution in [2.45, 2.75) is 13.0 Å². The highest BCUT2D eigenvalue weighted by molar-refractivity contribution is 7.13. The molecule has 1 saturated heterocycles. The second-order valence-corrected chi connectivity index (χ2v) is 8.08. The van der Waals surface area contributed by atoms with Crippen molar-refractivity contribution in [1.82, 2.24) is 10.2 Å². The van der Waals surface area contributed by atoms with E-state index in [1.165, 1.54) is 16.5 Å². The molecule has 1 fully saturated rings. The number of aliphatic hydroxyl groups excluding tert-OH is 1. The molecule has 29 heavy (non-hydrogen) atoms. The lowest BCUT2D eigenvalue weighted by molar-refractivity contribution is -0.132. The number of nitrogens with zero attached hydrogens (tertiary/aromatic N) is 3. The van der Waals surface area contributed by atoms with Crippen molar-refractivity contribution in [2.75, 3.05) is 4.90 Å². The van der Waals surface area contributed by atoms with Crippen molar-refractivity contribution in [1.29, 1.82) is 0 Å². The molecule has 0 saturated carbocycles. The first-order valence-electron chi connectivity index (χ1n) is 8.47. The fourth-order valence-corrected chi connectivity index (χ4v) is 4.28. The molecule has 1 aliphatic rings. The van der Waals surface area contributed by atoms with Crippen molar-refractivity contribution >= 4 is 57.1 Å². The Morgan fingerprint density at radius 3 is 2.48 bits per heavy atom. The number of aliphatic hydroxyl groups is 1. The Kier molecular flexibility index (Phi) is 5.12. The predicted octanol–water partition coefficient (Wildman–Crippen LogP) is 4.78. The molecule has 1 aliphatic heterocycles. The fraction of sp³-hybridized carbons (Fsp3) is 0.100. The smallest absolute Gasteiger partial charge is 0.301 e. The molecule has 6 nitrogen and oxygen atoms in total. The van der Waals surface area contributed by atoms with Gasteiger partial charge in [-0.15, -0.1) is 10.2 Å². The van der Waals surface area contributed by atoms with E-state index in [9.17, 15) is 14.7 Å². The third-order valence-corrected chi connectivity index (χ3v) is 5.83. The maximum atomic E-state index is 12.9. The molecule has 2 aromatic carbocycles. The molecule has 9 heteroatoms.